The highest BCUT2D eigenvalue weighted by molar-refractivity contribution is 6.00. The van der Waals surface area contributed by atoms with Crippen molar-refractivity contribution in [1.82, 2.24) is 15.5 Å². The maximum Gasteiger partial charge on any atom is 0.318 e. The van der Waals surface area contributed by atoms with Crippen LogP contribution in [0.2, 0.25) is 0 Å². The smallest absolute Gasteiger partial charge is 0.318 e. The van der Waals surface area contributed by atoms with Crippen molar-refractivity contribution in [3.8, 4) is 11.1 Å². The van der Waals surface area contributed by atoms with Crippen molar-refractivity contribution < 1.29 is 33.4 Å². The third-order valence-corrected chi connectivity index (χ3v) is 10.4. The van der Waals surface area contributed by atoms with Crippen LogP contribution in [0.15, 0.2) is 48.5 Å². The van der Waals surface area contributed by atoms with Crippen LogP contribution in [0.25, 0.3) is 11.1 Å². The second kappa shape index (κ2) is 17.6. The number of carbonyl (C=O) groups is 4. The number of likely N-dealkylation sites (N-methyl/N-ethyl adjacent to an activating group) is 1. The van der Waals surface area contributed by atoms with Gasteiger partial charge < -0.3 is 29.7 Å². The first-order valence-corrected chi connectivity index (χ1v) is 18.5. The van der Waals surface area contributed by atoms with Gasteiger partial charge in [0.15, 0.2) is 0 Å². The van der Waals surface area contributed by atoms with E-state index in [9.17, 15) is 19.2 Å². The number of fused-ring (bicyclic) bond motifs is 3. The number of ether oxygens (including phenoxy) is 3. The number of hydrogen-bond donors (Lipinski definition) is 2. The third-order valence-electron chi connectivity index (χ3n) is 10.4. The molecule has 0 radical (unpaired) electrons. The molecule has 0 aliphatic heterocycles. The molecule has 1 fully saturated rings. The summed E-state index contributed by atoms with van der Waals surface area (Å²) in [5.74, 6) is -3.74. The average Bonchev–Trinajstić information content (AvgIpc) is 3.71. The van der Waals surface area contributed by atoms with E-state index in [4.69, 9.17) is 14.2 Å². The maximum atomic E-state index is 14.4. The summed E-state index contributed by atoms with van der Waals surface area (Å²) in [4.78, 5) is 57.0. The summed E-state index contributed by atoms with van der Waals surface area (Å²) in [5, 5.41) is 6.04. The number of nitrogens with zero attached hydrogens (tertiary/aromatic N) is 1. The number of hydrogen-bond acceptors (Lipinski definition) is 8. The van der Waals surface area contributed by atoms with Crippen molar-refractivity contribution in [2.24, 2.45) is 23.7 Å². The molecule has 0 saturated heterocycles. The maximum absolute atomic E-state index is 14.4. The van der Waals surface area contributed by atoms with Crippen LogP contribution in [0.1, 0.15) is 90.7 Å². The van der Waals surface area contributed by atoms with Gasteiger partial charge in [0.2, 0.25) is 11.8 Å². The normalized spacial score (nSPS) is 17.5. The Morgan fingerprint density at radius 1 is 0.922 bits per heavy atom. The Hall–Kier alpha value is -3.76. The molecule has 2 aliphatic carbocycles. The minimum atomic E-state index is -1.15. The Morgan fingerprint density at radius 2 is 1.49 bits per heavy atom. The molecule has 0 heterocycles. The Labute approximate surface area is 304 Å². The van der Waals surface area contributed by atoms with Gasteiger partial charge in [-0.05, 0) is 87.2 Å². The van der Waals surface area contributed by atoms with Gasteiger partial charge in [0.1, 0.15) is 24.2 Å². The number of rotatable bonds is 16. The zero-order chi connectivity index (χ0) is 37.5. The van der Waals surface area contributed by atoms with E-state index in [1.165, 1.54) is 0 Å². The van der Waals surface area contributed by atoms with Crippen LogP contribution in [0.3, 0.4) is 0 Å². The monoisotopic (exact) mass is 705 g/mol. The molecule has 0 aromatic heterocycles. The number of esters is 2. The number of benzene rings is 2. The Balaban J connectivity index is 1.53. The van der Waals surface area contributed by atoms with Gasteiger partial charge >= 0.3 is 11.9 Å². The van der Waals surface area contributed by atoms with Crippen LogP contribution in [0, 0.1) is 23.7 Å². The van der Waals surface area contributed by atoms with Crippen LogP contribution < -0.4 is 10.6 Å². The molecule has 1 saturated carbocycles. The van der Waals surface area contributed by atoms with E-state index < -0.39 is 53.5 Å². The Kier molecular flexibility index (Phi) is 13.8. The molecule has 51 heavy (non-hydrogen) atoms. The molecule has 0 bridgehead atoms. The molecule has 2 aromatic rings. The number of carbonyl (C=O) groups excluding carboxylic acids is 4. The number of nitrogens with one attached hydrogen (secondary N) is 2. The lowest BCUT2D eigenvalue weighted by Crippen LogP contribution is -2.58. The predicted octanol–water partition coefficient (Wildman–Crippen LogP) is 5.72. The first-order valence-electron chi connectivity index (χ1n) is 18.5. The summed E-state index contributed by atoms with van der Waals surface area (Å²) in [5.41, 5.74) is 3.75. The molecule has 4 rings (SSSR count). The highest BCUT2D eigenvalue weighted by atomic mass is 16.6. The second-order valence-corrected chi connectivity index (χ2v) is 15.6. The lowest BCUT2D eigenvalue weighted by atomic mass is 9.88. The summed E-state index contributed by atoms with van der Waals surface area (Å²) in [6.07, 6.45) is 3.27. The summed E-state index contributed by atoms with van der Waals surface area (Å²) in [6.45, 7) is 11.5. The van der Waals surface area contributed by atoms with Crippen molar-refractivity contribution in [3.63, 3.8) is 0 Å². The molecule has 2 aliphatic rings. The molecule has 1 unspecified atom stereocenters. The fraction of sp³-hybridized carbons (Fsp3) is 0.610. The molecule has 10 nitrogen and oxygen atoms in total. The predicted molar refractivity (Wildman–Crippen MR) is 198 cm³/mol. The van der Waals surface area contributed by atoms with Crippen LogP contribution in [0.4, 0.5) is 0 Å². The van der Waals surface area contributed by atoms with Crippen molar-refractivity contribution in [2.75, 3.05) is 34.4 Å². The fourth-order valence-corrected chi connectivity index (χ4v) is 7.91. The zero-order valence-electron chi connectivity index (χ0n) is 32.0. The minimum Gasteiger partial charge on any atom is -0.464 e. The van der Waals surface area contributed by atoms with Gasteiger partial charge in [0.25, 0.3) is 0 Å². The molecule has 0 spiro atoms. The van der Waals surface area contributed by atoms with Crippen LogP contribution in [-0.2, 0) is 33.4 Å². The van der Waals surface area contributed by atoms with Crippen LogP contribution in [-0.4, -0.2) is 86.8 Å². The summed E-state index contributed by atoms with van der Waals surface area (Å²) < 4.78 is 17.5. The van der Waals surface area contributed by atoms with Crippen molar-refractivity contribution in [1.29, 1.82) is 0 Å². The first kappa shape index (κ1) is 40.0. The average molecular weight is 706 g/mol. The van der Waals surface area contributed by atoms with E-state index >= 15 is 0 Å². The van der Waals surface area contributed by atoms with Crippen molar-refractivity contribution >= 4 is 23.8 Å². The molecular weight excluding hydrogens is 646 g/mol. The lowest BCUT2D eigenvalue weighted by Gasteiger charge is -2.40. The largest absolute Gasteiger partial charge is 0.464 e. The van der Waals surface area contributed by atoms with Crippen molar-refractivity contribution in [3.05, 3.63) is 59.7 Å². The fourth-order valence-electron chi connectivity index (χ4n) is 7.91. The lowest BCUT2D eigenvalue weighted by molar-refractivity contribution is -0.161. The van der Waals surface area contributed by atoms with Gasteiger partial charge in [-0.25, -0.2) is 0 Å². The molecule has 10 heteroatoms. The summed E-state index contributed by atoms with van der Waals surface area (Å²) >= 11 is 0. The van der Waals surface area contributed by atoms with E-state index in [0.29, 0.717) is 6.54 Å². The molecule has 2 aromatic carbocycles. The van der Waals surface area contributed by atoms with Gasteiger partial charge in [-0.15, -0.1) is 0 Å². The van der Waals surface area contributed by atoms with Gasteiger partial charge in [-0.1, -0.05) is 82.1 Å². The molecular formula is C41H59N3O7. The minimum absolute atomic E-state index is 0.00332. The highest BCUT2D eigenvalue weighted by Gasteiger charge is 2.43. The van der Waals surface area contributed by atoms with Gasteiger partial charge in [0.05, 0.1) is 18.6 Å². The quantitative estimate of drug-likeness (QED) is 0.168. The summed E-state index contributed by atoms with van der Waals surface area (Å²) in [6, 6.07) is 14.9. The second-order valence-electron chi connectivity index (χ2n) is 15.6. The van der Waals surface area contributed by atoms with Gasteiger partial charge in [-0.3, -0.25) is 19.2 Å². The Bertz CT molecular complexity index is 1470. The van der Waals surface area contributed by atoms with Crippen LogP contribution in [0.5, 0.6) is 0 Å². The van der Waals surface area contributed by atoms with Gasteiger partial charge in [-0.2, -0.15) is 0 Å². The number of methoxy groups -OCH3 is 1. The van der Waals surface area contributed by atoms with Crippen LogP contribution >= 0.6 is 0 Å². The van der Waals surface area contributed by atoms with Crippen molar-refractivity contribution in [2.45, 2.75) is 103 Å². The summed E-state index contributed by atoms with van der Waals surface area (Å²) in [7, 11) is 5.05. The third kappa shape index (κ3) is 9.77. The molecule has 280 valence electrons. The molecule has 2 amide bonds. The molecule has 2 N–H and O–H groups in total. The molecule has 5 atom stereocenters. The Morgan fingerprint density at radius 3 is 2.00 bits per heavy atom. The zero-order valence-corrected chi connectivity index (χ0v) is 32.0. The SMILES string of the molecule is CNCC(C)[C@@H](C(=O)N[C@H](C(=O)N(C)[C@@H](C1CCCC1)[C@@H](CC(=O)OC(C)(C)C)OC)C(C)C)C(=O)OCC1c2ccccc2-c2ccccc21. The highest BCUT2D eigenvalue weighted by Crippen LogP contribution is 2.44. The van der Waals surface area contributed by atoms with E-state index in [1.807, 2.05) is 65.8 Å². The first-order chi connectivity index (χ1) is 24.2. The van der Waals surface area contributed by atoms with E-state index in [0.717, 1.165) is 47.9 Å². The van der Waals surface area contributed by atoms with E-state index in [1.54, 1.807) is 26.1 Å². The number of amides is 2. The standard InChI is InChI=1S/C41H59N3O7/c1-25(2)36(39(47)44(8)37(27-16-10-11-17-27)33(49-9)22-34(45)51-41(4,5)6)43-38(46)35(26(3)23-42-7)40(48)50-24-32-30-20-14-12-18-28(30)29-19-13-15-21-31(29)32/h12-15,18-21,25-27,32-33,35-37,42H,10-11,16-17,22-24H2,1-9H3,(H,43,46)/t26?,33-,35+,36+,37+/m1/s1. The van der Waals surface area contributed by atoms with E-state index in [2.05, 4.69) is 34.9 Å². The van der Waals surface area contributed by atoms with Gasteiger partial charge in [0, 0.05) is 20.1 Å². The van der Waals surface area contributed by atoms with E-state index in [-0.39, 0.29) is 36.7 Å². The topological polar surface area (TPSA) is 123 Å².